The van der Waals surface area contributed by atoms with Crippen LogP contribution >= 0.6 is 23.1 Å². The number of halogens is 1. The van der Waals surface area contributed by atoms with Crippen molar-refractivity contribution >= 4 is 23.1 Å². The second kappa shape index (κ2) is 6.03. The summed E-state index contributed by atoms with van der Waals surface area (Å²) in [5.41, 5.74) is 7.34. The molecule has 2 N–H and O–H groups in total. The van der Waals surface area contributed by atoms with Crippen LogP contribution in [0.15, 0.2) is 23.1 Å². The molecule has 0 atom stereocenters. The third-order valence-electron chi connectivity index (χ3n) is 2.87. The highest BCUT2D eigenvalue weighted by Crippen LogP contribution is 2.37. The summed E-state index contributed by atoms with van der Waals surface area (Å²) in [5.74, 6) is 0.0764. The fraction of sp³-hybridized carbons (Fsp3) is 0.357. The van der Waals surface area contributed by atoms with Crippen molar-refractivity contribution in [3.63, 3.8) is 0 Å². The Labute approximate surface area is 121 Å². The first-order valence-electron chi connectivity index (χ1n) is 6.11. The number of hydrogen-bond donors (Lipinski definition) is 1. The Hall–Kier alpha value is -0.910. The summed E-state index contributed by atoms with van der Waals surface area (Å²) < 4.78 is 14.1. The van der Waals surface area contributed by atoms with Crippen LogP contribution in [0.3, 0.4) is 0 Å². The first-order chi connectivity index (χ1) is 9.08. The number of rotatable bonds is 4. The average Bonchev–Trinajstić information content (AvgIpc) is 2.82. The van der Waals surface area contributed by atoms with Crippen LogP contribution in [0, 0.1) is 5.82 Å². The fourth-order valence-corrected chi connectivity index (χ4v) is 3.78. The van der Waals surface area contributed by atoms with E-state index in [-0.39, 0.29) is 5.82 Å². The van der Waals surface area contributed by atoms with E-state index in [2.05, 4.69) is 18.8 Å². The Morgan fingerprint density at radius 3 is 2.68 bits per heavy atom. The molecule has 0 aliphatic heterocycles. The van der Waals surface area contributed by atoms with E-state index in [0.29, 0.717) is 18.0 Å². The van der Waals surface area contributed by atoms with Gasteiger partial charge in [-0.25, -0.2) is 9.37 Å². The molecule has 1 heterocycles. The molecule has 0 aliphatic carbocycles. The number of nitrogens with zero attached hydrogens (tertiary/aromatic N) is 1. The highest BCUT2D eigenvalue weighted by atomic mass is 32.2. The lowest BCUT2D eigenvalue weighted by Gasteiger charge is -2.05. The van der Waals surface area contributed by atoms with Crippen molar-refractivity contribution in [2.45, 2.75) is 31.2 Å². The van der Waals surface area contributed by atoms with Gasteiger partial charge in [-0.15, -0.1) is 23.1 Å². The molecule has 0 bridgehead atoms. The summed E-state index contributed by atoms with van der Waals surface area (Å²) in [5, 5.41) is 0.728. The van der Waals surface area contributed by atoms with Gasteiger partial charge in [0.2, 0.25) is 0 Å². The van der Waals surface area contributed by atoms with Gasteiger partial charge in [0.15, 0.2) is 0 Å². The molecule has 19 heavy (non-hydrogen) atoms. The Morgan fingerprint density at radius 1 is 1.42 bits per heavy atom. The van der Waals surface area contributed by atoms with E-state index in [1.807, 2.05) is 12.3 Å². The Kier molecular flexibility index (Phi) is 4.60. The van der Waals surface area contributed by atoms with Gasteiger partial charge >= 0.3 is 0 Å². The molecule has 1 aromatic carbocycles. The van der Waals surface area contributed by atoms with Gasteiger partial charge in [0, 0.05) is 16.3 Å². The largest absolute Gasteiger partial charge is 0.326 e. The van der Waals surface area contributed by atoms with E-state index in [1.165, 1.54) is 29.2 Å². The van der Waals surface area contributed by atoms with Gasteiger partial charge in [-0.1, -0.05) is 19.9 Å². The highest BCUT2D eigenvalue weighted by Gasteiger charge is 2.18. The van der Waals surface area contributed by atoms with E-state index in [4.69, 9.17) is 5.73 Å². The molecule has 0 radical (unpaired) electrons. The van der Waals surface area contributed by atoms with Crippen molar-refractivity contribution in [2.75, 3.05) is 6.26 Å². The van der Waals surface area contributed by atoms with Gasteiger partial charge in [-0.05, 0) is 24.3 Å². The highest BCUT2D eigenvalue weighted by molar-refractivity contribution is 7.98. The van der Waals surface area contributed by atoms with E-state index in [0.717, 1.165) is 20.5 Å². The number of aromatic nitrogens is 1. The predicted molar refractivity (Wildman–Crippen MR) is 81.3 cm³/mol. The zero-order chi connectivity index (χ0) is 14.0. The van der Waals surface area contributed by atoms with Gasteiger partial charge in [-0.3, -0.25) is 0 Å². The Balaban J connectivity index is 2.59. The molecule has 0 fully saturated rings. The second-order valence-corrected chi connectivity index (χ2v) is 6.44. The zero-order valence-electron chi connectivity index (χ0n) is 11.2. The Morgan fingerprint density at radius 2 is 2.16 bits per heavy atom. The number of benzene rings is 1. The van der Waals surface area contributed by atoms with Crippen molar-refractivity contribution in [3.05, 3.63) is 34.6 Å². The van der Waals surface area contributed by atoms with Gasteiger partial charge in [0.25, 0.3) is 0 Å². The number of nitrogens with two attached hydrogens (primary N) is 1. The number of thiazole rings is 1. The predicted octanol–water partition coefficient (Wildman–Crippen LogP) is 4.25. The topological polar surface area (TPSA) is 38.9 Å². The first kappa shape index (κ1) is 14.5. The van der Waals surface area contributed by atoms with Gasteiger partial charge in [-0.2, -0.15) is 0 Å². The molecule has 0 saturated heterocycles. The average molecular weight is 296 g/mol. The molecule has 0 amide bonds. The van der Waals surface area contributed by atoms with Crippen molar-refractivity contribution in [1.82, 2.24) is 4.98 Å². The maximum Gasteiger partial charge on any atom is 0.134 e. The summed E-state index contributed by atoms with van der Waals surface area (Å²) in [6.07, 6.45) is 1.94. The van der Waals surface area contributed by atoms with E-state index >= 15 is 0 Å². The third kappa shape index (κ3) is 2.83. The van der Waals surface area contributed by atoms with Gasteiger partial charge < -0.3 is 5.73 Å². The quantitative estimate of drug-likeness (QED) is 0.857. The molecule has 1 aromatic heterocycles. The summed E-state index contributed by atoms with van der Waals surface area (Å²) in [7, 11) is 0. The minimum Gasteiger partial charge on any atom is -0.326 e. The van der Waals surface area contributed by atoms with Crippen molar-refractivity contribution in [3.8, 4) is 10.6 Å². The van der Waals surface area contributed by atoms with E-state index < -0.39 is 0 Å². The smallest absolute Gasteiger partial charge is 0.134 e. The van der Waals surface area contributed by atoms with Gasteiger partial charge in [0.1, 0.15) is 10.8 Å². The van der Waals surface area contributed by atoms with Crippen LogP contribution in [-0.2, 0) is 6.54 Å². The standard InChI is InChI=1S/C14H17FN2S2/c1-8(2)13-11(7-16)19-14(17-13)12-9(15)5-4-6-10(12)18-3/h4-6,8H,7,16H2,1-3H3. The summed E-state index contributed by atoms with van der Waals surface area (Å²) in [4.78, 5) is 6.56. The maximum absolute atomic E-state index is 14.1. The number of thioether (sulfide) groups is 1. The summed E-state index contributed by atoms with van der Waals surface area (Å²) in [6.45, 7) is 4.61. The van der Waals surface area contributed by atoms with Crippen molar-refractivity contribution in [2.24, 2.45) is 5.73 Å². The maximum atomic E-state index is 14.1. The number of hydrogen-bond acceptors (Lipinski definition) is 4. The second-order valence-electron chi connectivity index (χ2n) is 4.50. The fourth-order valence-electron chi connectivity index (χ4n) is 1.95. The lowest BCUT2D eigenvalue weighted by atomic mass is 10.1. The van der Waals surface area contributed by atoms with Gasteiger partial charge in [0.05, 0.1) is 11.3 Å². The van der Waals surface area contributed by atoms with E-state index in [9.17, 15) is 4.39 Å². The van der Waals surface area contributed by atoms with Crippen molar-refractivity contribution in [1.29, 1.82) is 0 Å². The molecule has 2 rings (SSSR count). The molecule has 102 valence electrons. The first-order valence-corrected chi connectivity index (χ1v) is 8.15. The van der Waals surface area contributed by atoms with Crippen molar-refractivity contribution < 1.29 is 4.39 Å². The molecular formula is C14H17FN2S2. The SMILES string of the molecule is CSc1cccc(F)c1-c1nc(C(C)C)c(CN)s1. The van der Waals surface area contributed by atoms with Crippen LogP contribution in [0.2, 0.25) is 0 Å². The lowest BCUT2D eigenvalue weighted by molar-refractivity contribution is 0.628. The van der Waals surface area contributed by atoms with Crippen LogP contribution in [0.4, 0.5) is 4.39 Å². The molecule has 0 spiro atoms. The minimum atomic E-state index is -0.223. The normalized spacial score (nSPS) is 11.3. The molecule has 0 unspecified atom stereocenters. The molecule has 0 aliphatic rings. The van der Waals surface area contributed by atoms with Crippen LogP contribution in [-0.4, -0.2) is 11.2 Å². The minimum absolute atomic E-state index is 0.223. The molecule has 2 aromatic rings. The molecule has 0 saturated carbocycles. The third-order valence-corrected chi connectivity index (χ3v) is 4.76. The summed E-state index contributed by atoms with van der Waals surface area (Å²) in [6, 6.07) is 5.13. The molecule has 2 nitrogen and oxygen atoms in total. The van der Waals surface area contributed by atoms with Crippen LogP contribution in [0.5, 0.6) is 0 Å². The molecule has 5 heteroatoms. The van der Waals surface area contributed by atoms with Crippen LogP contribution in [0.25, 0.3) is 10.6 Å². The lowest BCUT2D eigenvalue weighted by Crippen LogP contribution is -1.99. The molecular weight excluding hydrogens is 279 g/mol. The monoisotopic (exact) mass is 296 g/mol. The zero-order valence-corrected chi connectivity index (χ0v) is 12.9. The summed E-state index contributed by atoms with van der Waals surface area (Å²) >= 11 is 3.03. The van der Waals surface area contributed by atoms with Crippen LogP contribution < -0.4 is 5.73 Å². The Bertz CT molecular complexity index is 579. The van der Waals surface area contributed by atoms with Crippen LogP contribution in [0.1, 0.15) is 30.3 Å². The van der Waals surface area contributed by atoms with E-state index in [1.54, 1.807) is 6.07 Å².